The average Bonchev–Trinajstić information content (AvgIpc) is 3.13. The second-order valence-electron chi connectivity index (χ2n) is 5.43. The molecule has 0 atom stereocenters. The molecule has 25 heavy (non-hydrogen) atoms. The number of ether oxygens (including phenoxy) is 1. The zero-order chi connectivity index (χ0) is 17.6. The van der Waals surface area contributed by atoms with E-state index in [-0.39, 0.29) is 5.91 Å². The summed E-state index contributed by atoms with van der Waals surface area (Å²) in [4.78, 5) is 12.4. The van der Waals surface area contributed by atoms with Crippen LogP contribution in [-0.2, 0) is 0 Å². The molecule has 3 rings (SSSR count). The van der Waals surface area contributed by atoms with Crippen molar-refractivity contribution in [1.29, 1.82) is 0 Å². The summed E-state index contributed by atoms with van der Waals surface area (Å²) in [5.74, 6) is 0.476. The van der Waals surface area contributed by atoms with Crippen molar-refractivity contribution in [3.63, 3.8) is 0 Å². The van der Waals surface area contributed by atoms with Crippen molar-refractivity contribution in [3.8, 4) is 17.0 Å². The Morgan fingerprint density at radius 3 is 2.64 bits per heavy atom. The fourth-order valence-electron chi connectivity index (χ4n) is 2.46. The van der Waals surface area contributed by atoms with E-state index >= 15 is 0 Å². The second-order valence-corrected chi connectivity index (χ2v) is 5.43. The minimum atomic E-state index is -0.265. The van der Waals surface area contributed by atoms with E-state index in [1.54, 1.807) is 18.1 Å². The molecule has 0 fully saturated rings. The van der Waals surface area contributed by atoms with Crippen LogP contribution in [0.5, 0.6) is 5.75 Å². The zero-order valence-corrected chi connectivity index (χ0v) is 14.2. The quantitative estimate of drug-likeness (QED) is 0.678. The van der Waals surface area contributed by atoms with Crippen molar-refractivity contribution in [3.05, 3.63) is 66.4 Å². The van der Waals surface area contributed by atoms with Crippen LogP contribution in [0.15, 0.2) is 60.7 Å². The Hall–Kier alpha value is -3.28. The maximum absolute atomic E-state index is 12.4. The predicted octanol–water partition coefficient (Wildman–Crippen LogP) is 3.26. The number of nitrogens with one attached hydrogen (secondary N) is 2. The smallest absolute Gasteiger partial charge is 0.287 e. The van der Waals surface area contributed by atoms with E-state index in [1.807, 2.05) is 61.5 Å². The van der Waals surface area contributed by atoms with Crippen molar-refractivity contribution in [1.82, 2.24) is 15.6 Å². The van der Waals surface area contributed by atoms with Crippen molar-refractivity contribution in [2.45, 2.75) is 6.92 Å². The van der Waals surface area contributed by atoms with Crippen LogP contribution >= 0.6 is 0 Å². The molecule has 0 radical (unpaired) electrons. The average molecular weight is 336 g/mol. The molecule has 6 heteroatoms. The molecule has 0 aliphatic rings. The van der Waals surface area contributed by atoms with Gasteiger partial charge in [-0.25, -0.2) is 0 Å². The fourth-order valence-corrected chi connectivity index (χ4v) is 2.46. The molecule has 128 valence electrons. The number of hydrogen-bond donors (Lipinski definition) is 2. The highest BCUT2D eigenvalue weighted by molar-refractivity contribution is 5.94. The van der Waals surface area contributed by atoms with Gasteiger partial charge in [-0.3, -0.25) is 20.3 Å². The first-order chi connectivity index (χ1) is 12.2. The van der Waals surface area contributed by atoms with E-state index in [2.05, 4.69) is 15.6 Å². The van der Waals surface area contributed by atoms with Gasteiger partial charge in [0.2, 0.25) is 0 Å². The topological polar surface area (TPSA) is 70.2 Å². The summed E-state index contributed by atoms with van der Waals surface area (Å²) in [5, 5.41) is 8.70. The molecule has 6 nitrogen and oxygen atoms in total. The van der Waals surface area contributed by atoms with Crippen LogP contribution in [0, 0.1) is 0 Å². The fraction of sp³-hybridized carbons (Fsp3) is 0.158. The summed E-state index contributed by atoms with van der Waals surface area (Å²) in [5.41, 5.74) is 5.58. The summed E-state index contributed by atoms with van der Waals surface area (Å²) < 4.78 is 5.62. The molecule has 0 unspecified atom stereocenters. The molecular formula is C19H20N4O2. The molecule has 0 bridgehead atoms. The number of aromatic amines is 1. The first kappa shape index (κ1) is 16.6. The normalized spacial score (nSPS) is 10.3. The van der Waals surface area contributed by atoms with Gasteiger partial charge < -0.3 is 4.74 Å². The molecular weight excluding hydrogens is 316 g/mol. The molecule has 1 heterocycles. The number of aromatic nitrogens is 2. The van der Waals surface area contributed by atoms with Gasteiger partial charge in [-0.05, 0) is 37.3 Å². The van der Waals surface area contributed by atoms with Crippen LogP contribution in [0.3, 0.4) is 0 Å². The van der Waals surface area contributed by atoms with Crippen LogP contribution in [0.4, 0.5) is 5.69 Å². The van der Waals surface area contributed by atoms with Crippen LogP contribution < -0.4 is 15.2 Å². The van der Waals surface area contributed by atoms with Gasteiger partial charge in [0.25, 0.3) is 5.91 Å². The number of carbonyl (C=O) groups is 1. The van der Waals surface area contributed by atoms with Crippen molar-refractivity contribution < 1.29 is 9.53 Å². The summed E-state index contributed by atoms with van der Waals surface area (Å²) in [7, 11) is 1.79. The zero-order valence-electron chi connectivity index (χ0n) is 14.2. The van der Waals surface area contributed by atoms with E-state index in [0.717, 1.165) is 17.0 Å². The molecule has 0 saturated carbocycles. The molecule has 0 spiro atoms. The third-order valence-corrected chi connectivity index (χ3v) is 3.70. The van der Waals surface area contributed by atoms with Gasteiger partial charge in [0.05, 0.1) is 18.0 Å². The van der Waals surface area contributed by atoms with Crippen LogP contribution in [-0.4, -0.2) is 29.8 Å². The Balaban J connectivity index is 1.76. The van der Waals surface area contributed by atoms with Gasteiger partial charge in [-0.15, -0.1) is 0 Å². The highest BCUT2D eigenvalue weighted by Gasteiger charge is 2.15. The Morgan fingerprint density at radius 2 is 1.88 bits per heavy atom. The molecule has 1 amide bonds. The van der Waals surface area contributed by atoms with Gasteiger partial charge in [-0.2, -0.15) is 5.10 Å². The van der Waals surface area contributed by atoms with Crippen LogP contribution in [0.2, 0.25) is 0 Å². The Bertz CT molecular complexity index is 845. The van der Waals surface area contributed by atoms with Gasteiger partial charge in [0.15, 0.2) is 0 Å². The number of nitrogens with zero attached hydrogens (tertiary/aromatic N) is 2. The molecule has 2 aromatic carbocycles. The summed E-state index contributed by atoms with van der Waals surface area (Å²) in [6.45, 7) is 2.50. The van der Waals surface area contributed by atoms with Crippen LogP contribution in [0.1, 0.15) is 17.4 Å². The van der Waals surface area contributed by atoms with Gasteiger partial charge in [0.1, 0.15) is 11.4 Å². The Labute approximate surface area is 146 Å². The number of amides is 1. The monoisotopic (exact) mass is 336 g/mol. The number of hydrazine groups is 1. The van der Waals surface area contributed by atoms with Crippen molar-refractivity contribution >= 4 is 11.6 Å². The minimum Gasteiger partial charge on any atom is -0.493 e. The molecule has 0 aliphatic carbocycles. The summed E-state index contributed by atoms with van der Waals surface area (Å²) in [6.07, 6.45) is 0. The van der Waals surface area contributed by atoms with Gasteiger partial charge in [0, 0.05) is 12.6 Å². The predicted molar refractivity (Wildman–Crippen MR) is 97.5 cm³/mol. The number of hydrogen-bond acceptors (Lipinski definition) is 4. The Morgan fingerprint density at radius 1 is 1.16 bits per heavy atom. The number of carbonyl (C=O) groups excluding carboxylic acids is 1. The maximum atomic E-state index is 12.4. The van der Waals surface area contributed by atoms with E-state index < -0.39 is 0 Å². The number of rotatable bonds is 6. The van der Waals surface area contributed by atoms with Crippen LogP contribution in [0.25, 0.3) is 11.3 Å². The number of para-hydroxylation sites is 2. The Kier molecular flexibility index (Phi) is 4.99. The van der Waals surface area contributed by atoms with Gasteiger partial charge >= 0.3 is 0 Å². The third kappa shape index (κ3) is 3.80. The maximum Gasteiger partial charge on any atom is 0.287 e. The molecule has 2 N–H and O–H groups in total. The lowest BCUT2D eigenvalue weighted by Gasteiger charge is -2.19. The first-order valence-electron chi connectivity index (χ1n) is 8.06. The molecule has 0 aliphatic heterocycles. The minimum absolute atomic E-state index is 0.265. The largest absolute Gasteiger partial charge is 0.493 e. The van der Waals surface area contributed by atoms with E-state index in [9.17, 15) is 4.79 Å². The summed E-state index contributed by atoms with van der Waals surface area (Å²) in [6, 6.07) is 18.9. The lowest BCUT2D eigenvalue weighted by Crippen LogP contribution is -2.39. The molecule has 0 saturated heterocycles. The summed E-state index contributed by atoms with van der Waals surface area (Å²) >= 11 is 0. The standard InChI is InChI=1S/C19H20N4O2/c1-3-25-18-12-8-7-11-15(18)16-13-17(21-20-16)19(24)22-23(2)14-9-5-4-6-10-14/h4-13H,3H2,1-2H3,(H,20,21)(H,22,24). The van der Waals surface area contributed by atoms with Gasteiger partial charge in [-0.1, -0.05) is 30.3 Å². The molecule has 1 aromatic heterocycles. The number of anilines is 1. The van der Waals surface area contributed by atoms with E-state index in [0.29, 0.717) is 18.0 Å². The molecule has 3 aromatic rings. The lowest BCUT2D eigenvalue weighted by molar-refractivity contribution is 0.0946. The SMILES string of the molecule is CCOc1ccccc1-c1cc(C(=O)NN(C)c2ccccc2)[nH]n1. The van der Waals surface area contributed by atoms with E-state index in [1.165, 1.54) is 0 Å². The first-order valence-corrected chi connectivity index (χ1v) is 8.06. The van der Waals surface area contributed by atoms with Crippen molar-refractivity contribution in [2.24, 2.45) is 0 Å². The highest BCUT2D eigenvalue weighted by Crippen LogP contribution is 2.28. The highest BCUT2D eigenvalue weighted by atomic mass is 16.5. The van der Waals surface area contributed by atoms with Crippen molar-refractivity contribution in [2.75, 3.05) is 18.7 Å². The van der Waals surface area contributed by atoms with E-state index in [4.69, 9.17) is 4.74 Å². The third-order valence-electron chi connectivity index (χ3n) is 3.70. The lowest BCUT2D eigenvalue weighted by atomic mass is 10.1. The number of H-pyrrole nitrogens is 1. The second kappa shape index (κ2) is 7.53. The number of benzene rings is 2.